The predicted molar refractivity (Wildman–Crippen MR) is 83.8 cm³/mol. The number of aromatic nitrogens is 2. The fourth-order valence-electron chi connectivity index (χ4n) is 2.54. The Labute approximate surface area is 127 Å². The van der Waals surface area contributed by atoms with E-state index in [2.05, 4.69) is 28.0 Å². The molecular weight excluding hydrogens is 324 g/mol. The molecule has 1 fully saturated rings. The van der Waals surface area contributed by atoms with Crippen LogP contribution in [0.25, 0.3) is 0 Å². The zero-order valence-corrected chi connectivity index (χ0v) is 14.0. The Morgan fingerprint density at radius 2 is 2.16 bits per heavy atom. The van der Waals surface area contributed by atoms with Crippen molar-refractivity contribution in [3.05, 3.63) is 15.9 Å². The van der Waals surface area contributed by atoms with E-state index in [9.17, 15) is 4.79 Å². The summed E-state index contributed by atoms with van der Waals surface area (Å²) in [6, 6.07) is 0. The summed E-state index contributed by atoms with van der Waals surface area (Å²) in [7, 11) is 0. The van der Waals surface area contributed by atoms with Gasteiger partial charge in [0, 0.05) is 11.8 Å². The molecule has 0 aliphatic heterocycles. The van der Waals surface area contributed by atoms with Crippen molar-refractivity contribution < 1.29 is 4.79 Å². The molecule has 1 heterocycles. The maximum Gasteiger partial charge on any atom is 0.148 e. The van der Waals surface area contributed by atoms with Crippen molar-refractivity contribution in [2.45, 2.75) is 57.7 Å². The van der Waals surface area contributed by atoms with Gasteiger partial charge in [-0.2, -0.15) is 16.9 Å². The summed E-state index contributed by atoms with van der Waals surface area (Å²) in [5.74, 6) is 0.956. The largest absolute Gasteiger partial charge is 0.298 e. The van der Waals surface area contributed by atoms with Crippen LogP contribution in [-0.4, -0.2) is 26.6 Å². The van der Waals surface area contributed by atoms with E-state index < -0.39 is 0 Å². The number of Topliss-reactive ketones (excluding diaryl/α,β-unsaturated/α-hetero) is 1. The first-order valence-electron chi connectivity index (χ1n) is 6.97. The number of halogens is 1. The number of carbonyl (C=O) groups excluding carboxylic acids is 1. The second kappa shape index (κ2) is 6.93. The van der Waals surface area contributed by atoms with Gasteiger partial charge in [-0.1, -0.05) is 12.8 Å². The van der Waals surface area contributed by atoms with Gasteiger partial charge in [0.1, 0.15) is 5.78 Å². The third-order valence-electron chi connectivity index (χ3n) is 3.60. The average Bonchev–Trinajstić information content (AvgIpc) is 3.00. The SMILES string of the molecule is CCn1nc(C)c(Br)c1CC(=O)CSC1CCCC1. The van der Waals surface area contributed by atoms with E-state index in [1.54, 1.807) is 0 Å². The number of rotatable bonds is 6. The Morgan fingerprint density at radius 3 is 2.79 bits per heavy atom. The van der Waals surface area contributed by atoms with Gasteiger partial charge in [-0.25, -0.2) is 0 Å². The van der Waals surface area contributed by atoms with Crippen molar-refractivity contribution >= 4 is 33.5 Å². The van der Waals surface area contributed by atoms with E-state index in [4.69, 9.17) is 0 Å². The second-order valence-corrected chi connectivity index (χ2v) is 7.18. The van der Waals surface area contributed by atoms with Crippen LogP contribution in [0.4, 0.5) is 0 Å². The average molecular weight is 345 g/mol. The number of aryl methyl sites for hydroxylation is 2. The molecule has 2 rings (SSSR count). The molecule has 5 heteroatoms. The first-order chi connectivity index (χ1) is 9.11. The van der Waals surface area contributed by atoms with Gasteiger partial charge in [0.25, 0.3) is 0 Å². The Hall–Kier alpha value is -0.290. The van der Waals surface area contributed by atoms with Gasteiger partial charge in [0.15, 0.2) is 0 Å². The van der Waals surface area contributed by atoms with E-state index in [1.165, 1.54) is 25.7 Å². The Kier molecular flexibility index (Phi) is 5.51. The molecule has 1 saturated carbocycles. The van der Waals surface area contributed by atoms with Crippen molar-refractivity contribution in [1.29, 1.82) is 0 Å². The molecule has 19 heavy (non-hydrogen) atoms. The summed E-state index contributed by atoms with van der Waals surface area (Å²) < 4.78 is 2.92. The zero-order chi connectivity index (χ0) is 13.8. The maximum atomic E-state index is 12.1. The minimum atomic E-state index is 0.312. The molecular formula is C14H21BrN2OS. The highest BCUT2D eigenvalue weighted by molar-refractivity contribution is 9.10. The highest BCUT2D eigenvalue weighted by Crippen LogP contribution is 2.29. The van der Waals surface area contributed by atoms with Gasteiger partial charge in [-0.15, -0.1) is 0 Å². The van der Waals surface area contributed by atoms with E-state index in [1.807, 2.05) is 23.4 Å². The summed E-state index contributed by atoms with van der Waals surface area (Å²) in [6.45, 7) is 4.84. The van der Waals surface area contributed by atoms with E-state index in [0.717, 1.165) is 22.4 Å². The molecule has 0 N–H and O–H groups in total. The maximum absolute atomic E-state index is 12.1. The highest BCUT2D eigenvalue weighted by Gasteiger charge is 2.19. The normalized spacial score (nSPS) is 16.2. The lowest BCUT2D eigenvalue weighted by Gasteiger charge is -2.08. The van der Waals surface area contributed by atoms with Gasteiger partial charge < -0.3 is 0 Å². The second-order valence-electron chi connectivity index (χ2n) is 5.09. The fraction of sp³-hybridized carbons (Fsp3) is 0.714. The van der Waals surface area contributed by atoms with E-state index in [-0.39, 0.29) is 0 Å². The summed E-state index contributed by atoms with van der Waals surface area (Å²) in [4.78, 5) is 12.1. The van der Waals surface area contributed by atoms with Crippen LogP contribution in [0.1, 0.15) is 44.0 Å². The first-order valence-corrected chi connectivity index (χ1v) is 8.81. The van der Waals surface area contributed by atoms with Crippen LogP contribution >= 0.6 is 27.7 Å². The lowest BCUT2D eigenvalue weighted by atomic mass is 10.2. The van der Waals surface area contributed by atoms with Gasteiger partial charge in [-0.05, 0) is 42.6 Å². The van der Waals surface area contributed by atoms with Crippen LogP contribution in [0.2, 0.25) is 0 Å². The van der Waals surface area contributed by atoms with Gasteiger partial charge in [-0.3, -0.25) is 9.48 Å². The van der Waals surface area contributed by atoms with Crippen molar-refractivity contribution in [3.63, 3.8) is 0 Å². The highest BCUT2D eigenvalue weighted by atomic mass is 79.9. The lowest BCUT2D eigenvalue weighted by molar-refractivity contribution is -0.116. The molecule has 0 unspecified atom stereocenters. The van der Waals surface area contributed by atoms with Crippen LogP contribution < -0.4 is 0 Å². The molecule has 1 aromatic heterocycles. The Morgan fingerprint density at radius 1 is 1.47 bits per heavy atom. The number of hydrogen-bond donors (Lipinski definition) is 0. The number of ketones is 1. The quantitative estimate of drug-likeness (QED) is 0.787. The third-order valence-corrected chi connectivity index (χ3v) is 6.06. The van der Waals surface area contributed by atoms with Crippen LogP contribution in [0.3, 0.4) is 0 Å². The molecule has 0 saturated heterocycles. The molecule has 0 aromatic carbocycles. The molecule has 3 nitrogen and oxygen atoms in total. The molecule has 1 aliphatic carbocycles. The number of thioether (sulfide) groups is 1. The molecule has 0 radical (unpaired) electrons. The van der Waals surface area contributed by atoms with E-state index in [0.29, 0.717) is 23.2 Å². The number of nitrogens with zero attached hydrogens (tertiary/aromatic N) is 2. The van der Waals surface area contributed by atoms with Crippen molar-refractivity contribution in [2.24, 2.45) is 0 Å². The Balaban J connectivity index is 1.90. The zero-order valence-electron chi connectivity index (χ0n) is 11.6. The lowest BCUT2D eigenvalue weighted by Crippen LogP contribution is -2.13. The molecule has 0 amide bonds. The monoisotopic (exact) mass is 344 g/mol. The number of carbonyl (C=O) groups is 1. The number of hydrogen-bond acceptors (Lipinski definition) is 3. The molecule has 1 aromatic rings. The first kappa shape index (κ1) is 15.1. The van der Waals surface area contributed by atoms with Gasteiger partial charge in [0.2, 0.25) is 0 Å². The molecule has 0 bridgehead atoms. The molecule has 1 aliphatic rings. The standard InChI is InChI=1S/C14H21BrN2OS/c1-3-17-13(14(15)10(2)16-17)8-11(18)9-19-12-6-4-5-7-12/h12H,3-9H2,1-2H3. The summed E-state index contributed by atoms with van der Waals surface area (Å²) >= 11 is 5.39. The van der Waals surface area contributed by atoms with Crippen molar-refractivity contribution in [3.8, 4) is 0 Å². The summed E-state index contributed by atoms with van der Waals surface area (Å²) in [6.07, 6.45) is 5.73. The minimum Gasteiger partial charge on any atom is -0.298 e. The summed E-state index contributed by atoms with van der Waals surface area (Å²) in [5.41, 5.74) is 1.99. The van der Waals surface area contributed by atoms with Crippen LogP contribution in [-0.2, 0) is 17.8 Å². The van der Waals surface area contributed by atoms with Gasteiger partial charge in [0.05, 0.1) is 28.0 Å². The van der Waals surface area contributed by atoms with Crippen molar-refractivity contribution in [2.75, 3.05) is 5.75 Å². The molecule has 0 spiro atoms. The predicted octanol–water partition coefficient (Wildman–Crippen LogP) is 3.76. The molecule has 106 valence electrons. The topological polar surface area (TPSA) is 34.9 Å². The molecule has 0 atom stereocenters. The third kappa shape index (κ3) is 3.85. The Bertz CT molecular complexity index is 453. The smallest absolute Gasteiger partial charge is 0.148 e. The van der Waals surface area contributed by atoms with Crippen LogP contribution in [0.5, 0.6) is 0 Å². The van der Waals surface area contributed by atoms with E-state index >= 15 is 0 Å². The van der Waals surface area contributed by atoms with Crippen LogP contribution in [0, 0.1) is 6.92 Å². The minimum absolute atomic E-state index is 0.312. The summed E-state index contributed by atoms with van der Waals surface area (Å²) in [5, 5.41) is 5.14. The fourth-order valence-corrected chi connectivity index (χ4v) is 4.16. The van der Waals surface area contributed by atoms with Crippen molar-refractivity contribution in [1.82, 2.24) is 9.78 Å². The van der Waals surface area contributed by atoms with Gasteiger partial charge >= 0.3 is 0 Å². The van der Waals surface area contributed by atoms with Crippen LogP contribution in [0.15, 0.2) is 4.47 Å².